The van der Waals surface area contributed by atoms with Crippen molar-refractivity contribution in [2.45, 2.75) is 4.90 Å². The van der Waals surface area contributed by atoms with Crippen LogP contribution in [-0.2, 0) is 10.0 Å². The van der Waals surface area contributed by atoms with Crippen LogP contribution in [0, 0.1) is 5.82 Å². The van der Waals surface area contributed by atoms with Crippen LogP contribution < -0.4 is 4.72 Å². The van der Waals surface area contributed by atoms with Gasteiger partial charge in [0.25, 0.3) is 10.0 Å². The summed E-state index contributed by atoms with van der Waals surface area (Å²) in [5.74, 6) is -2.42. The van der Waals surface area contributed by atoms with E-state index in [4.69, 9.17) is 5.11 Å². The fraction of sp³-hybridized carbons (Fsp3) is 0. The molecule has 0 saturated heterocycles. The first-order valence-electron chi connectivity index (χ1n) is 9.00. The van der Waals surface area contributed by atoms with Crippen molar-refractivity contribution in [3.8, 4) is 11.1 Å². The maximum atomic E-state index is 13.6. The third-order valence-electron chi connectivity index (χ3n) is 4.71. The number of nitrogens with one attached hydrogen (secondary N) is 1. The molecular weight excluding hydrogens is 405 g/mol. The van der Waals surface area contributed by atoms with Crippen molar-refractivity contribution in [3.05, 3.63) is 96.3 Å². The number of hydrogen-bond acceptors (Lipinski definition) is 3. The molecule has 0 aromatic heterocycles. The highest BCUT2D eigenvalue weighted by molar-refractivity contribution is 7.93. The zero-order valence-corrected chi connectivity index (χ0v) is 16.4. The van der Waals surface area contributed by atoms with E-state index in [-0.39, 0.29) is 10.6 Å². The minimum Gasteiger partial charge on any atom is -0.478 e. The first-order chi connectivity index (χ1) is 14.4. The SMILES string of the molecule is O=C(O)c1cc(NS(=O)(=O)c2ccc(-c3ccccc3)c3ccccc23)ccc1F. The number of rotatable bonds is 5. The monoisotopic (exact) mass is 421 g/mol. The molecule has 0 atom stereocenters. The molecule has 0 aliphatic heterocycles. The van der Waals surface area contributed by atoms with Gasteiger partial charge in [-0.1, -0.05) is 60.7 Å². The largest absolute Gasteiger partial charge is 0.478 e. The summed E-state index contributed by atoms with van der Waals surface area (Å²) in [4.78, 5) is 11.2. The summed E-state index contributed by atoms with van der Waals surface area (Å²) in [6, 6.07) is 23.0. The second-order valence-electron chi connectivity index (χ2n) is 6.63. The van der Waals surface area contributed by atoms with Crippen molar-refractivity contribution < 1.29 is 22.7 Å². The van der Waals surface area contributed by atoms with E-state index in [9.17, 15) is 17.6 Å². The molecule has 4 aromatic rings. The van der Waals surface area contributed by atoms with E-state index < -0.39 is 27.4 Å². The van der Waals surface area contributed by atoms with Crippen molar-refractivity contribution in [2.24, 2.45) is 0 Å². The Kier molecular flexibility index (Phi) is 4.97. The van der Waals surface area contributed by atoms with E-state index in [0.717, 1.165) is 28.6 Å². The van der Waals surface area contributed by atoms with Gasteiger partial charge in [0.1, 0.15) is 5.82 Å². The normalized spacial score (nSPS) is 11.4. The summed E-state index contributed by atoms with van der Waals surface area (Å²) < 4.78 is 42.1. The fourth-order valence-corrected chi connectivity index (χ4v) is 4.60. The smallest absolute Gasteiger partial charge is 0.338 e. The molecule has 4 rings (SSSR count). The third-order valence-corrected chi connectivity index (χ3v) is 6.15. The van der Waals surface area contributed by atoms with Crippen molar-refractivity contribution >= 4 is 32.5 Å². The minimum atomic E-state index is -4.06. The molecule has 0 fully saturated rings. The Morgan fingerprint density at radius 3 is 2.20 bits per heavy atom. The molecule has 0 saturated carbocycles. The molecular formula is C23H16FNO4S. The van der Waals surface area contributed by atoms with Crippen LogP contribution in [0.3, 0.4) is 0 Å². The quantitative estimate of drug-likeness (QED) is 0.467. The van der Waals surface area contributed by atoms with E-state index in [2.05, 4.69) is 4.72 Å². The molecule has 0 unspecified atom stereocenters. The standard InChI is InChI=1S/C23H16FNO4S/c24-21-12-10-16(14-20(21)23(26)27)25-30(28,29)22-13-11-17(15-6-2-1-3-7-15)18-8-4-5-9-19(18)22/h1-14,25H,(H,26,27). The molecule has 0 radical (unpaired) electrons. The van der Waals surface area contributed by atoms with Crippen LogP contribution in [0.4, 0.5) is 10.1 Å². The van der Waals surface area contributed by atoms with Crippen LogP contribution in [0.2, 0.25) is 0 Å². The first-order valence-corrected chi connectivity index (χ1v) is 10.5. The van der Waals surface area contributed by atoms with Crippen molar-refractivity contribution in [2.75, 3.05) is 4.72 Å². The van der Waals surface area contributed by atoms with Gasteiger partial charge in [0.05, 0.1) is 10.5 Å². The van der Waals surface area contributed by atoms with Gasteiger partial charge in [-0.05, 0) is 40.8 Å². The van der Waals surface area contributed by atoms with Gasteiger partial charge in [0, 0.05) is 11.1 Å². The molecule has 30 heavy (non-hydrogen) atoms. The molecule has 4 aromatic carbocycles. The summed E-state index contributed by atoms with van der Waals surface area (Å²) in [6.07, 6.45) is 0. The number of sulfonamides is 1. The predicted octanol–water partition coefficient (Wildman–Crippen LogP) is 5.14. The molecule has 0 heterocycles. The second-order valence-corrected chi connectivity index (χ2v) is 8.28. The van der Waals surface area contributed by atoms with Crippen LogP contribution >= 0.6 is 0 Å². The van der Waals surface area contributed by atoms with Gasteiger partial charge in [0.2, 0.25) is 0 Å². The van der Waals surface area contributed by atoms with Crippen LogP contribution in [0.5, 0.6) is 0 Å². The van der Waals surface area contributed by atoms with Crippen molar-refractivity contribution in [1.29, 1.82) is 0 Å². The summed E-state index contributed by atoms with van der Waals surface area (Å²) in [7, 11) is -4.06. The zero-order chi connectivity index (χ0) is 21.3. The minimum absolute atomic E-state index is 0.0370. The van der Waals surface area contributed by atoms with Gasteiger partial charge in [0.15, 0.2) is 0 Å². The molecule has 0 aliphatic rings. The lowest BCUT2D eigenvalue weighted by Gasteiger charge is -2.14. The molecule has 0 bridgehead atoms. The first kappa shape index (κ1) is 19.6. The van der Waals surface area contributed by atoms with E-state index in [0.29, 0.717) is 5.39 Å². The van der Waals surface area contributed by atoms with Gasteiger partial charge in [-0.3, -0.25) is 4.72 Å². The summed E-state index contributed by atoms with van der Waals surface area (Å²) in [6.45, 7) is 0. The molecule has 0 spiro atoms. The summed E-state index contributed by atoms with van der Waals surface area (Å²) in [5.41, 5.74) is 1.19. The lowest BCUT2D eigenvalue weighted by Crippen LogP contribution is -2.14. The average molecular weight is 421 g/mol. The van der Waals surface area contributed by atoms with Crippen LogP contribution in [0.25, 0.3) is 21.9 Å². The number of aromatic carboxylic acids is 1. The zero-order valence-electron chi connectivity index (χ0n) is 15.5. The highest BCUT2D eigenvalue weighted by atomic mass is 32.2. The molecule has 2 N–H and O–H groups in total. The molecule has 5 nitrogen and oxygen atoms in total. The Balaban J connectivity index is 1.82. The van der Waals surface area contributed by atoms with Crippen molar-refractivity contribution in [1.82, 2.24) is 0 Å². The van der Waals surface area contributed by atoms with Gasteiger partial charge in [-0.25, -0.2) is 17.6 Å². The van der Waals surface area contributed by atoms with Gasteiger partial charge >= 0.3 is 5.97 Å². The number of anilines is 1. The number of halogens is 1. The Hall–Kier alpha value is -3.71. The highest BCUT2D eigenvalue weighted by Crippen LogP contribution is 2.33. The Bertz CT molecular complexity index is 1370. The molecule has 0 aliphatic carbocycles. The number of carboxylic acid groups (broad SMARTS) is 1. The van der Waals surface area contributed by atoms with Gasteiger partial charge in [-0.15, -0.1) is 0 Å². The number of carboxylic acids is 1. The summed E-state index contributed by atoms with van der Waals surface area (Å²) in [5, 5.41) is 10.3. The maximum absolute atomic E-state index is 13.6. The van der Waals surface area contributed by atoms with Gasteiger partial charge in [-0.2, -0.15) is 0 Å². The number of carbonyl (C=O) groups is 1. The lowest BCUT2D eigenvalue weighted by atomic mass is 9.98. The molecule has 7 heteroatoms. The van der Waals surface area contributed by atoms with E-state index >= 15 is 0 Å². The third kappa shape index (κ3) is 3.62. The Morgan fingerprint density at radius 1 is 0.833 bits per heavy atom. The van der Waals surface area contributed by atoms with Crippen LogP contribution in [0.1, 0.15) is 10.4 Å². The van der Waals surface area contributed by atoms with Crippen LogP contribution in [-0.4, -0.2) is 19.5 Å². The maximum Gasteiger partial charge on any atom is 0.338 e. The number of hydrogen-bond donors (Lipinski definition) is 2. The highest BCUT2D eigenvalue weighted by Gasteiger charge is 2.20. The predicted molar refractivity (Wildman–Crippen MR) is 114 cm³/mol. The van der Waals surface area contributed by atoms with Crippen molar-refractivity contribution in [3.63, 3.8) is 0 Å². The summed E-state index contributed by atoms with van der Waals surface area (Å²) >= 11 is 0. The van der Waals surface area contributed by atoms with E-state index in [1.54, 1.807) is 18.2 Å². The molecule has 0 amide bonds. The Morgan fingerprint density at radius 2 is 1.50 bits per heavy atom. The second kappa shape index (κ2) is 7.61. The van der Waals surface area contributed by atoms with Gasteiger partial charge < -0.3 is 5.11 Å². The Labute approximate surface area is 172 Å². The van der Waals surface area contributed by atoms with Crippen LogP contribution in [0.15, 0.2) is 89.8 Å². The topological polar surface area (TPSA) is 83.5 Å². The van der Waals surface area contributed by atoms with E-state index in [1.165, 1.54) is 12.1 Å². The van der Waals surface area contributed by atoms with E-state index in [1.807, 2.05) is 42.5 Å². The fourth-order valence-electron chi connectivity index (χ4n) is 3.34. The average Bonchev–Trinajstić information content (AvgIpc) is 2.74. The number of benzene rings is 4. The lowest BCUT2D eigenvalue weighted by molar-refractivity contribution is 0.0692. The molecule has 150 valence electrons. The number of fused-ring (bicyclic) bond motifs is 1.